The molecule has 0 radical (unpaired) electrons. The van der Waals surface area contributed by atoms with Gasteiger partial charge >= 0.3 is 0 Å². The molecule has 7 heteroatoms. The molecule has 0 unspecified atom stereocenters. The van der Waals surface area contributed by atoms with E-state index in [4.69, 9.17) is 23.2 Å². The molecular formula is C16H14Cl2N2O2S. The van der Waals surface area contributed by atoms with E-state index in [1.807, 2.05) is 17.5 Å². The van der Waals surface area contributed by atoms with Crippen LogP contribution in [0.5, 0.6) is 0 Å². The topological polar surface area (TPSA) is 49.4 Å². The summed E-state index contributed by atoms with van der Waals surface area (Å²) in [5.74, 6) is -0.640. The highest BCUT2D eigenvalue weighted by Gasteiger charge is 2.13. The lowest BCUT2D eigenvalue weighted by Gasteiger charge is -2.15. The first-order valence-corrected chi connectivity index (χ1v) is 8.31. The Balaban J connectivity index is 1.93. The Kier molecular flexibility index (Phi) is 6.21. The Bertz CT molecular complexity index is 709. The van der Waals surface area contributed by atoms with Crippen LogP contribution in [0.4, 0.5) is 5.69 Å². The summed E-state index contributed by atoms with van der Waals surface area (Å²) < 4.78 is 0. The number of hydrogen-bond donors (Lipinski definition) is 1. The Labute approximate surface area is 148 Å². The predicted octanol–water partition coefficient (Wildman–Crippen LogP) is 4.17. The normalized spacial score (nSPS) is 10.7. The molecule has 120 valence electrons. The van der Waals surface area contributed by atoms with Gasteiger partial charge in [-0.3, -0.25) is 9.59 Å². The Morgan fingerprint density at radius 1 is 1.22 bits per heavy atom. The molecule has 0 spiro atoms. The number of rotatable bonds is 5. The number of amides is 2. The molecule has 1 aromatic heterocycles. The van der Waals surface area contributed by atoms with Crippen molar-refractivity contribution in [3.8, 4) is 0 Å². The lowest BCUT2D eigenvalue weighted by atomic mass is 10.3. The van der Waals surface area contributed by atoms with E-state index in [1.165, 1.54) is 22.3 Å². The summed E-state index contributed by atoms with van der Waals surface area (Å²) in [7, 11) is 1.55. The summed E-state index contributed by atoms with van der Waals surface area (Å²) in [6.45, 7) is -0.102. The van der Waals surface area contributed by atoms with Crippen molar-refractivity contribution in [2.24, 2.45) is 0 Å². The summed E-state index contributed by atoms with van der Waals surface area (Å²) in [5, 5.41) is 5.23. The molecule has 1 heterocycles. The lowest BCUT2D eigenvalue weighted by Crippen LogP contribution is -2.34. The number of para-hydroxylation sites is 1. The van der Waals surface area contributed by atoms with Crippen LogP contribution in [0.25, 0.3) is 6.08 Å². The second-order valence-electron chi connectivity index (χ2n) is 4.69. The van der Waals surface area contributed by atoms with Crippen LogP contribution in [0.2, 0.25) is 10.0 Å². The van der Waals surface area contributed by atoms with E-state index < -0.39 is 0 Å². The van der Waals surface area contributed by atoms with Gasteiger partial charge in [0.25, 0.3) is 0 Å². The number of hydrogen-bond acceptors (Lipinski definition) is 3. The first-order valence-electron chi connectivity index (χ1n) is 6.68. The smallest absolute Gasteiger partial charge is 0.246 e. The standard InChI is InChI=1S/C16H14Cl2N2O2S/c1-20(15(22)8-7-11-4-3-9-23-11)10-14(21)19-16-12(17)5-2-6-13(16)18/h2-9H,10H2,1H3,(H,19,21). The minimum atomic E-state index is -0.375. The van der Waals surface area contributed by atoms with Crippen molar-refractivity contribution in [2.75, 3.05) is 18.9 Å². The van der Waals surface area contributed by atoms with Crippen LogP contribution < -0.4 is 5.32 Å². The van der Waals surface area contributed by atoms with Crippen LogP contribution >= 0.6 is 34.5 Å². The van der Waals surface area contributed by atoms with Gasteiger partial charge in [0.05, 0.1) is 22.3 Å². The third kappa shape index (κ3) is 5.10. The van der Waals surface area contributed by atoms with Gasteiger partial charge < -0.3 is 10.2 Å². The SMILES string of the molecule is CN(CC(=O)Nc1c(Cl)cccc1Cl)C(=O)C=Cc1cccs1. The third-order valence-corrected chi connectivity index (χ3v) is 4.39. The highest BCUT2D eigenvalue weighted by Crippen LogP contribution is 2.29. The number of benzene rings is 1. The Morgan fingerprint density at radius 2 is 1.91 bits per heavy atom. The first-order chi connectivity index (χ1) is 11.0. The van der Waals surface area contributed by atoms with Gasteiger partial charge in [0.15, 0.2) is 0 Å². The molecule has 4 nitrogen and oxygen atoms in total. The summed E-state index contributed by atoms with van der Waals surface area (Å²) in [6.07, 6.45) is 3.15. The summed E-state index contributed by atoms with van der Waals surface area (Å²) in [5.41, 5.74) is 0.343. The predicted molar refractivity (Wildman–Crippen MR) is 96.1 cm³/mol. The molecule has 0 fully saturated rings. The van der Waals surface area contributed by atoms with Crippen LogP contribution in [-0.2, 0) is 9.59 Å². The summed E-state index contributed by atoms with van der Waals surface area (Å²) in [6, 6.07) is 8.74. The van der Waals surface area contributed by atoms with Crippen LogP contribution in [-0.4, -0.2) is 30.3 Å². The highest BCUT2D eigenvalue weighted by molar-refractivity contribution is 7.10. The van der Waals surface area contributed by atoms with Gasteiger partial charge in [0.2, 0.25) is 11.8 Å². The molecule has 2 aromatic rings. The zero-order chi connectivity index (χ0) is 16.8. The van der Waals surface area contributed by atoms with Crippen molar-refractivity contribution < 1.29 is 9.59 Å². The fourth-order valence-electron chi connectivity index (χ4n) is 1.76. The molecule has 0 bridgehead atoms. The average Bonchev–Trinajstić information content (AvgIpc) is 3.02. The highest BCUT2D eigenvalue weighted by atomic mass is 35.5. The van der Waals surface area contributed by atoms with E-state index in [2.05, 4.69) is 5.32 Å². The zero-order valence-corrected chi connectivity index (χ0v) is 14.6. The fraction of sp³-hybridized carbons (Fsp3) is 0.125. The number of halogens is 2. The zero-order valence-electron chi connectivity index (χ0n) is 12.3. The van der Waals surface area contributed by atoms with Crippen LogP contribution in [0.3, 0.4) is 0 Å². The summed E-state index contributed by atoms with van der Waals surface area (Å²) in [4.78, 5) is 26.3. The van der Waals surface area contributed by atoms with E-state index in [0.717, 1.165) is 4.88 Å². The molecule has 0 aliphatic carbocycles. The molecule has 0 aliphatic heterocycles. The van der Waals surface area contributed by atoms with Crippen LogP contribution in [0.15, 0.2) is 41.8 Å². The van der Waals surface area contributed by atoms with E-state index in [9.17, 15) is 9.59 Å². The van der Waals surface area contributed by atoms with E-state index in [-0.39, 0.29) is 18.4 Å². The maximum absolute atomic E-state index is 12.0. The number of thiophene rings is 1. The monoisotopic (exact) mass is 368 g/mol. The van der Waals surface area contributed by atoms with Crippen molar-refractivity contribution >= 4 is 58.1 Å². The maximum atomic E-state index is 12.0. The van der Waals surface area contributed by atoms with Gasteiger partial charge in [-0.2, -0.15) is 0 Å². The molecule has 0 saturated heterocycles. The number of likely N-dealkylation sites (N-methyl/N-ethyl adjacent to an activating group) is 1. The molecule has 0 atom stereocenters. The van der Waals surface area contributed by atoms with E-state index >= 15 is 0 Å². The molecule has 23 heavy (non-hydrogen) atoms. The van der Waals surface area contributed by atoms with Crippen molar-refractivity contribution in [1.29, 1.82) is 0 Å². The molecule has 1 N–H and O–H groups in total. The second kappa shape index (κ2) is 8.15. The molecule has 0 aliphatic rings. The minimum absolute atomic E-state index is 0.102. The Hall–Kier alpha value is -1.82. The molecule has 0 saturated carbocycles. The lowest BCUT2D eigenvalue weighted by molar-refractivity contribution is -0.129. The number of nitrogens with zero attached hydrogens (tertiary/aromatic N) is 1. The number of carbonyl (C=O) groups is 2. The fourth-order valence-corrected chi connectivity index (χ4v) is 2.87. The van der Waals surface area contributed by atoms with Crippen molar-refractivity contribution in [2.45, 2.75) is 0 Å². The van der Waals surface area contributed by atoms with E-state index in [1.54, 1.807) is 31.3 Å². The average molecular weight is 369 g/mol. The first kappa shape index (κ1) is 17.5. The minimum Gasteiger partial charge on any atom is -0.333 e. The van der Waals surface area contributed by atoms with Gasteiger partial charge in [0, 0.05) is 18.0 Å². The van der Waals surface area contributed by atoms with Gasteiger partial charge in [-0.1, -0.05) is 35.3 Å². The van der Waals surface area contributed by atoms with E-state index in [0.29, 0.717) is 15.7 Å². The van der Waals surface area contributed by atoms with Gasteiger partial charge in [-0.25, -0.2) is 0 Å². The summed E-state index contributed by atoms with van der Waals surface area (Å²) >= 11 is 13.5. The third-order valence-electron chi connectivity index (χ3n) is 2.92. The number of carbonyl (C=O) groups excluding carboxylic acids is 2. The molecule has 1 aromatic carbocycles. The van der Waals surface area contributed by atoms with Crippen molar-refractivity contribution in [1.82, 2.24) is 4.90 Å². The number of nitrogens with one attached hydrogen (secondary N) is 1. The number of anilines is 1. The van der Waals surface area contributed by atoms with Crippen LogP contribution in [0.1, 0.15) is 4.88 Å². The van der Waals surface area contributed by atoms with Gasteiger partial charge in [-0.15, -0.1) is 11.3 Å². The quantitative estimate of drug-likeness (QED) is 0.805. The van der Waals surface area contributed by atoms with Gasteiger partial charge in [-0.05, 0) is 29.7 Å². The van der Waals surface area contributed by atoms with Crippen molar-refractivity contribution in [3.05, 3.63) is 56.7 Å². The Morgan fingerprint density at radius 3 is 2.52 bits per heavy atom. The molecule has 2 rings (SSSR count). The van der Waals surface area contributed by atoms with Crippen LogP contribution in [0, 0.1) is 0 Å². The van der Waals surface area contributed by atoms with Gasteiger partial charge in [0.1, 0.15) is 0 Å². The largest absolute Gasteiger partial charge is 0.333 e. The maximum Gasteiger partial charge on any atom is 0.246 e. The second-order valence-corrected chi connectivity index (χ2v) is 6.48. The molecular weight excluding hydrogens is 355 g/mol. The molecule has 2 amide bonds. The van der Waals surface area contributed by atoms with Crippen molar-refractivity contribution in [3.63, 3.8) is 0 Å².